The maximum atomic E-state index is 13.6. The van der Waals surface area contributed by atoms with E-state index in [1.165, 1.54) is 18.9 Å². The Morgan fingerprint density at radius 3 is 2.92 bits per heavy atom. The normalized spacial score (nSPS) is 21.4. The summed E-state index contributed by atoms with van der Waals surface area (Å²) in [5, 5.41) is 4.09. The molecule has 6 heteroatoms. The van der Waals surface area contributed by atoms with Gasteiger partial charge in [-0.1, -0.05) is 17.3 Å². The van der Waals surface area contributed by atoms with E-state index in [0.717, 1.165) is 44.1 Å². The molecule has 2 heterocycles. The largest absolute Gasteiger partial charge is 0.490 e. The van der Waals surface area contributed by atoms with Crippen molar-refractivity contribution < 1.29 is 13.7 Å². The molecule has 1 saturated heterocycles. The summed E-state index contributed by atoms with van der Waals surface area (Å²) in [5.41, 5.74) is 0. The Labute approximate surface area is 147 Å². The van der Waals surface area contributed by atoms with Gasteiger partial charge in [0.25, 0.3) is 0 Å². The number of rotatable bonds is 7. The van der Waals surface area contributed by atoms with Crippen LogP contribution in [0.3, 0.4) is 0 Å². The second-order valence-electron chi connectivity index (χ2n) is 7.24. The van der Waals surface area contributed by atoms with Gasteiger partial charge in [-0.15, -0.1) is 0 Å². The van der Waals surface area contributed by atoms with Crippen LogP contribution in [0.25, 0.3) is 0 Å². The Morgan fingerprint density at radius 2 is 2.08 bits per heavy atom. The van der Waals surface area contributed by atoms with Crippen molar-refractivity contribution in [2.75, 3.05) is 19.7 Å². The summed E-state index contributed by atoms with van der Waals surface area (Å²) >= 11 is 0. The van der Waals surface area contributed by atoms with Crippen molar-refractivity contribution in [1.29, 1.82) is 0 Å². The van der Waals surface area contributed by atoms with Crippen LogP contribution < -0.4 is 4.74 Å². The number of para-hydroxylation sites is 1. The smallest absolute Gasteiger partial charge is 0.240 e. The Hall–Kier alpha value is -1.95. The summed E-state index contributed by atoms with van der Waals surface area (Å²) in [6.07, 6.45) is 5.73. The zero-order valence-electron chi connectivity index (χ0n) is 14.4. The van der Waals surface area contributed by atoms with Crippen molar-refractivity contribution in [2.45, 2.75) is 38.6 Å². The first-order valence-electron chi connectivity index (χ1n) is 9.17. The average molecular weight is 345 g/mol. The zero-order chi connectivity index (χ0) is 17.1. The number of hydrogen-bond donors (Lipinski definition) is 0. The van der Waals surface area contributed by atoms with Crippen LogP contribution in [0.15, 0.2) is 28.8 Å². The van der Waals surface area contributed by atoms with E-state index in [1.54, 1.807) is 18.2 Å². The number of benzene rings is 1. The predicted octanol–water partition coefficient (Wildman–Crippen LogP) is 3.45. The van der Waals surface area contributed by atoms with Gasteiger partial charge in [0.15, 0.2) is 17.4 Å². The van der Waals surface area contributed by atoms with E-state index < -0.39 is 0 Å². The monoisotopic (exact) mass is 345 g/mol. The van der Waals surface area contributed by atoms with E-state index in [9.17, 15) is 4.39 Å². The van der Waals surface area contributed by atoms with Gasteiger partial charge in [0, 0.05) is 18.9 Å². The first kappa shape index (κ1) is 16.5. The highest BCUT2D eigenvalue weighted by Gasteiger charge is 2.25. The lowest BCUT2D eigenvalue weighted by Gasteiger charge is -2.31. The molecule has 1 aliphatic carbocycles. The van der Waals surface area contributed by atoms with E-state index in [0.29, 0.717) is 30.7 Å². The van der Waals surface area contributed by atoms with Gasteiger partial charge in [0.05, 0.1) is 13.2 Å². The molecule has 1 atom stereocenters. The maximum Gasteiger partial charge on any atom is 0.240 e. The van der Waals surface area contributed by atoms with E-state index in [1.807, 2.05) is 0 Å². The fourth-order valence-electron chi connectivity index (χ4n) is 3.41. The molecule has 0 unspecified atom stereocenters. The highest BCUT2D eigenvalue weighted by molar-refractivity contribution is 5.23. The Kier molecular flexibility index (Phi) is 4.97. The van der Waals surface area contributed by atoms with Crippen LogP contribution in [0.1, 0.15) is 37.4 Å². The van der Waals surface area contributed by atoms with Crippen LogP contribution in [0.5, 0.6) is 5.75 Å². The Bertz CT molecular complexity index is 701. The standard InChI is InChI=1S/C19H24FN3O2/c20-16-5-1-2-6-17(16)24-13-15-4-3-9-23(11-15)12-19-21-18(22-25-19)10-14-7-8-14/h1-2,5-6,14-15H,3-4,7-13H2/t15-/m0/s1. The summed E-state index contributed by atoms with van der Waals surface area (Å²) in [5.74, 6) is 2.73. The average Bonchev–Trinajstić information content (AvgIpc) is 3.33. The van der Waals surface area contributed by atoms with Crippen molar-refractivity contribution in [2.24, 2.45) is 11.8 Å². The lowest BCUT2D eigenvalue weighted by atomic mass is 9.99. The second kappa shape index (κ2) is 7.52. The highest BCUT2D eigenvalue weighted by atomic mass is 19.1. The van der Waals surface area contributed by atoms with E-state index in [-0.39, 0.29) is 5.82 Å². The third-order valence-electron chi connectivity index (χ3n) is 4.95. The number of halogens is 1. The van der Waals surface area contributed by atoms with Gasteiger partial charge in [-0.3, -0.25) is 4.90 Å². The molecule has 1 aromatic carbocycles. The number of aromatic nitrogens is 2. The minimum atomic E-state index is -0.302. The number of likely N-dealkylation sites (tertiary alicyclic amines) is 1. The predicted molar refractivity (Wildman–Crippen MR) is 90.6 cm³/mol. The number of nitrogens with zero attached hydrogens (tertiary/aromatic N) is 3. The van der Waals surface area contributed by atoms with Gasteiger partial charge in [0.2, 0.25) is 5.89 Å². The molecule has 1 aromatic heterocycles. The molecule has 1 aliphatic heterocycles. The summed E-state index contributed by atoms with van der Waals surface area (Å²) in [7, 11) is 0. The van der Waals surface area contributed by atoms with Crippen LogP contribution in [0.2, 0.25) is 0 Å². The molecular formula is C19H24FN3O2. The lowest BCUT2D eigenvalue weighted by molar-refractivity contribution is 0.113. The van der Waals surface area contributed by atoms with Gasteiger partial charge >= 0.3 is 0 Å². The van der Waals surface area contributed by atoms with Crippen LogP contribution in [0, 0.1) is 17.7 Å². The maximum absolute atomic E-state index is 13.6. The quantitative estimate of drug-likeness (QED) is 0.769. The molecule has 4 rings (SSSR count). The molecule has 0 radical (unpaired) electrons. The van der Waals surface area contributed by atoms with E-state index in [2.05, 4.69) is 15.0 Å². The second-order valence-corrected chi connectivity index (χ2v) is 7.24. The van der Waals surface area contributed by atoms with Crippen molar-refractivity contribution in [1.82, 2.24) is 15.0 Å². The fourth-order valence-corrected chi connectivity index (χ4v) is 3.41. The minimum Gasteiger partial charge on any atom is -0.490 e. The molecular weight excluding hydrogens is 321 g/mol. The van der Waals surface area contributed by atoms with Gasteiger partial charge in [0.1, 0.15) is 0 Å². The fraction of sp³-hybridized carbons (Fsp3) is 0.579. The van der Waals surface area contributed by atoms with Crippen LogP contribution in [0.4, 0.5) is 4.39 Å². The molecule has 1 saturated carbocycles. The Balaban J connectivity index is 1.27. The molecule has 2 aromatic rings. The lowest BCUT2D eigenvalue weighted by Crippen LogP contribution is -2.37. The van der Waals surface area contributed by atoms with Crippen molar-refractivity contribution in [3.05, 3.63) is 41.8 Å². The molecule has 2 fully saturated rings. The molecule has 25 heavy (non-hydrogen) atoms. The molecule has 2 aliphatic rings. The van der Waals surface area contributed by atoms with Crippen LogP contribution >= 0.6 is 0 Å². The van der Waals surface area contributed by atoms with Gasteiger partial charge in [-0.25, -0.2) is 4.39 Å². The SMILES string of the molecule is Fc1ccccc1OC[C@H]1CCCN(Cc2nc(CC3CC3)no2)C1. The topological polar surface area (TPSA) is 51.4 Å². The van der Waals surface area contributed by atoms with E-state index in [4.69, 9.17) is 9.26 Å². The number of piperidine rings is 1. The zero-order valence-corrected chi connectivity index (χ0v) is 14.4. The summed E-state index contributed by atoms with van der Waals surface area (Å²) < 4.78 is 24.7. The highest BCUT2D eigenvalue weighted by Crippen LogP contribution is 2.31. The summed E-state index contributed by atoms with van der Waals surface area (Å²) in [6, 6.07) is 6.57. The van der Waals surface area contributed by atoms with Crippen molar-refractivity contribution >= 4 is 0 Å². The van der Waals surface area contributed by atoms with Crippen LogP contribution in [-0.4, -0.2) is 34.7 Å². The van der Waals surface area contributed by atoms with Gasteiger partial charge in [-0.05, 0) is 50.3 Å². The summed E-state index contributed by atoms with van der Waals surface area (Å²) in [6.45, 7) is 3.16. The summed E-state index contributed by atoms with van der Waals surface area (Å²) in [4.78, 5) is 6.84. The molecule has 0 N–H and O–H groups in total. The van der Waals surface area contributed by atoms with Gasteiger partial charge < -0.3 is 9.26 Å². The first-order chi connectivity index (χ1) is 12.3. The molecule has 134 valence electrons. The number of ether oxygens (including phenoxy) is 1. The van der Waals surface area contributed by atoms with Crippen molar-refractivity contribution in [3.63, 3.8) is 0 Å². The van der Waals surface area contributed by atoms with E-state index >= 15 is 0 Å². The van der Waals surface area contributed by atoms with Gasteiger partial charge in [-0.2, -0.15) is 4.98 Å². The molecule has 0 bridgehead atoms. The Morgan fingerprint density at radius 1 is 1.20 bits per heavy atom. The number of hydrogen-bond acceptors (Lipinski definition) is 5. The molecule has 0 amide bonds. The minimum absolute atomic E-state index is 0.302. The first-order valence-corrected chi connectivity index (χ1v) is 9.17. The molecule has 5 nitrogen and oxygen atoms in total. The third-order valence-corrected chi connectivity index (χ3v) is 4.95. The molecule has 0 spiro atoms. The van der Waals surface area contributed by atoms with Crippen LogP contribution in [-0.2, 0) is 13.0 Å². The van der Waals surface area contributed by atoms with Crippen molar-refractivity contribution in [3.8, 4) is 5.75 Å². The third kappa shape index (κ3) is 4.57.